The molecule has 0 fully saturated rings. The van der Waals surface area contributed by atoms with Gasteiger partial charge in [-0.3, -0.25) is 0 Å². The zero-order valence-electron chi connectivity index (χ0n) is 15.0. The van der Waals surface area contributed by atoms with E-state index in [0.29, 0.717) is 0 Å². The molecule has 0 spiro atoms. The van der Waals surface area contributed by atoms with Crippen LogP contribution in [0.3, 0.4) is 0 Å². The van der Waals surface area contributed by atoms with Gasteiger partial charge in [-0.1, -0.05) is 12.1 Å². The van der Waals surface area contributed by atoms with E-state index in [-0.39, 0.29) is 12.1 Å². The molecule has 25 heavy (non-hydrogen) atoms. The zero-order chi connectivity index (χ0) is 17.4. The maximum atomic E-state index is 4.62. The number of aryl methyl sites for hydroxylation is 3. The number of benzene rings is 1. The SMILES string of the molecule is Cc1nc2n(n1)CCC[C@@H]2N[C@@H](C)c1ccc(-n2ccnc2C)cc1. The lowest BCUT2D eigenvalue weighted by atomic mass is 10.0. The van der Waals surface area contributed by atoms with E-state index in [1.54, 1.807) is 0 Å². The summed E-state index contributed by atoms with van der Waals surface area (Å²) in [5.41, 5.74) is 2.41. The molecule has 3 heterocycles. The van der Waals surface area contributed by atoms with Crippen molar-refractivity contribution in [2.45, 2.75) is 52.2 Å². The molecule has 1 aliphatic rings. The highest BCUT2D eigenvalue weighted by atomic mass is 15.4. The molecule has 0 radical (unpaired) electrons. The van der Waals surface area contributed by atoms with Crippen LogP contribution in [-0.4, -0.2) is 24.3 Å². The second-order valence-electron chi connectivity index (χ2n) is 6.76. The highest BCUT2D eigenvalue weighted by Gasteiger charge is 2.25. The first kappa shape index (κ1) is 16.0. The van der Waals surface area contributed by atoms with E-state index in [4.69, 9.17) is 0 Å². The molecule has 1 aliphatic heterocycles. The van der Waals surface area contributed by atoms with E-state index in [9.17, 15) is 0 Å². The molecule has 6 nitrogen and oxygen atoms in total. The molecule has 0 bridgehead atoms. The number of aromatic nitrogens is 5. The molecule has 0 saturated heterocycles. The number of imidazole rings is 1. The maximum Gasteiger partial charge on any atom is 0.147 e. The number of fused-ring (bicyclic) bond motifs is 1. The third-order valence-corrected chi connectivity index (χ3v) is 4.93. The lowest BCUT2D eigenvalue weighted by molar-refractivity contribution is 0.344. The fourth-order valence-corrected chi connectivity index (χ4v) is 3.60. The van der Waals surface area contributed by atoms with Crippen LogP contribution in [0.2, 0.25) is 0 Å². The van der Waals surface area contributed by atoms with Gasteiger partial charge in [0.1, 0.15) is 17.5 Å². The molecule has 0 saturated carbocycles. The van der Waals surface area contributed by atoms with Crippen LogP contribution in [0.1, 0.15) is 54.9 Å². The molecule has 6 heteroatoms. The number of hydrogen-bond acceptors (Lipinski definition) is 4. The largest absolute Gasteiger partial charge is 0.304 e. The van der Waals surface area contributed by atoms with E-state index in [0.717, 1.165) is 42.5 Å². The van der Waals surface area contributed by atoms with Crippen LogP contribution in [-0.2, 0) is 6.54 Å². The third kappa shape index (κ3) is 3.09. The normalized spacial score (nSPS) is 18.1. The summed E-state index contributed by atoms with van der Waals surface area (Å²) >= 11 is 0. The number of nitrogens with one attached hydrogen (secondary N) is 1. The Hall–Kier alpha value is -2.47. The second kappa shape index (κ2) is 6.44. The Balaban J connectivity index is 1.50. The third-order valence-electron chi connectivity index (χ3n) is 4.93. The Morgan fingerprint density at radius 3 is 2.72 bits per heavy atom. The van der Waals surface area contributed by atoms with Gasteiger partial charge in [0.25, 0.3) is 0 Å². The summed E-state index contributed by atoms with van der Waals surface area (Å²) < 4.78 is 4.14. The zero-order valence-corrected chi connectivity index (χ0v) is 15.0. The van der Waals surface area contributed by atoms with Gasteiger partial charge >= 0.3 is 0 Å². The molecule has 2 atom stereocenters. The van der Waals surface area contributed by atoms with E-state index < -0.39 is 0 Å². The number of rotatable bonds is 4. The smallest absolute Gasteiger partial charge is 0.147 e. The predicted octanol–water partition coefficient (Wildman–Crippen LogP) is 3.27. The molecule has 0 amide bonds. The van der Waals surface area contributed by atoms with Crippen LogP contribution in [0, 0.1) is 13.8 Å². The summed E-state index contributed by atoms with van der Waals surface area (Å²) in [6.45, 7) is 7.16. The predicted molar refractivity (Wildman–Crippen MR) is 96.6 cm³/mol. The highest BCUT2D eigenvalue weighted by molar-refractivity contribution is 5.36. The van der Waals surface area contributed by atoms with Gasteiger partial charge < -0.3 is 9.88 Å². The van der Waals surface area contributed by atoms with Crippen molar-refractivity contribution in [3.8, 4) is 5.69 Å². The fourth-order valence-electron chi connectivity index (χ4n) is 3.60. The molecule has 0 aliphatic carbocycles. The van der Waals surface area contributed by atoms with Crippen LogP contribution < -0.4 is 5.32 Å². The van der Waals surface area contributed by atoms with Gasteiger partial charge in [0.15, 0.2) is 0 Å². The molecule has 0 unspecified atom stereocenters. The molecular formula is C19H24N6. The first-order valence-electron chi connectivity index (χ1n) is 8.89. The van der Waals surface area contributed by atoms with Crippen LogP contribution in [0.5, 0.6) is 0 Å². The monoisotopic (exact) mass is 336 g/mol. The van der Waals surface area contributed by atoms with Gasteiger partial charge in [-0.15, -0.1) is 0 Å². The van der Waals surface area contributed by atoms with Crippen molar-refractivity contribution in [3.63, 3.8) is 0 Å². The summed E-state index contributed by atoms with van der Waals surface area (Å²) in [6.07, 6.45) is 6.06. The summed E-state index contributed by atoms with van der Waals surface area (Å²) in [6, 6.07) is 9.19. The maximum absolute atomic E-state index is 4.62. The average Bonchev–Trinajstić information content (AvgIpc) is 3.20. The average molecular weight is 336 g/mol. The topological polar surface area (TPSA) is 60.6 Å². The quantitative estimate of drug-likeness (QED) is 0.794. The van der Waals surface area contributed by atoms with Gasteiger partial charge in [-0.25, -0.2) is 14.6 Å². The van der Waals surface area contributed by atoms with Gasteiger partial charge in [-0.2, -0.15) is 5.10 Å². The van der Waals surface area contributed by atoms with Crippen molar-refractivity contribution in [2.24, 2.45) is 0 Å². The van der Waals surface area contributed by atoms with Gasteiger partial charge in [0.2, 0.25) is 0 Å². The van der Waals surface area contributed by atoms with E-state index in [1.165, 1.54) is 5.56 Å². The van der Waals surface area contributed by atoms with Crippen molar-refractivity contribution in [1.82, 2.24) is 29.6 Å². The van der Waals surface area contributed by atoms with Gasteiger partial charge in [0.05, 0.1) is 6.04 Å². The molecule has 1 aromatic carbocycles. The molecule has 4 rings (SSSR count). The summed E-state index contributed by atoms with van der Waals surface area (Å²) in [7, 11) is 0. The van der Waals surface area contributed by atoms with Crippen molar-refractivity contribution < 1.29 is 0 Å². The summed E-state index contributed by atoms with van der Waals surface area (Å²) in [5.74, 6) is 2.92. The molecular weight excluding hydrogens is 312 g/mol. The van der Waals surface area contributed by atoms with Gasteiger partial charge in [-0.05, 0) is 51.3 Å². The molecule has 3 aromatic rings. The lowest BCUT2D eigenvalue weighted by Crippen LogP contribution is -2.30. The Kier molecular flexibility index (Phi) is 4.13. The van der Waals surface area contributed by atoms with E-state index >= 15 is 0 Å². The van der Waals surface area contributed by atoms with Crippen LogP contribution in [0.15, 0.2) is 36.7 Å². The van der Waals surface area contributed by atoms with Crippen LogP contribution in [0.4, 0.5) is 0 Å². The summed E-state index contributed by atoms with van der Waals surface area (Å²) in [4.78, 5) is 8.90. The Morgan fingerprint density at radius 1 is 1.20 bits per heavy atom. The standard InChI is InChI=1S/C19H24N6/c1-13(21-18-5-4-11-25-19(18)22-14(2)23-25)16-6-8-17(9-7-16)24-12-10-20-15(24)3/h6-10,12-13,18,21H,4-5,11H2,1-3H3/t13-,18-/m0/s1. The van der Waals surface area contributed by atoms with Crippen LogP contribution in [0.25, 0.3) is 5.69 Å². The van der Waals surface area contributed by atoms with E-state index in [1.807, 2.05) is 30.9 Å². The van der Waals surface area contributed by atoms with Gasteiger partial charge in [0, 0.05) is 30.7 Å². The van der Waals surface area contributed by atoms with Crippen molar-refractivity contribution in [3.05, 3.63) is 59.7 Å². The molecule has 1 N–H and O–H groups in total. The van der Waals surface area contributed by atoms with E-state index in [2.05, 4.69) is 56.1 Å². The Morgan fingerprint density at radius 2 is 2.00 bits per heavy atom. The minimum Gasteiger partial charge on any atom is -0.304 e. The number of nitrogens with zero attached hydrogens (tertiary/aromatic N) is 5. The fraction of sp³-hybridized carbons (Fsp3) is 0.421. The van der Waals surface area contributed by atoms with Crippen molar-refractivity contribution in [1.29, 1.82) is 0 Å². The minimum absolute atomic E-state index is 0.256. The van der Waals surface area contributed by atoms with Crippen molar-refractivity contribution in [2.75, 3.05) is 0 Å². The molecule has 130 valence electrons. The van der Waals surface area contributed by atoms with Crippen molar-refractivity contribution >= 4 is 0 Å². The lowest BCUT2D eigenvalue weighted by Gasteiger charge is -2.26. The highest BCUT2D eigenvalue weighted by Crippen LogP contribution is 2.27. The number of hydrogen-bond donors (Lipinski definition) is 1. The second-order valence-corrected chi connectivity index (χ2v) is 6.76. The Labute approximate surface area is 147 Å². The molecule has 2 aromatic heterocycles. The minimum atomic E-state index is 0.256. The Bertz CT molecular complexity index is 860. The first-order chi connectivity index (χ1) is 12.1. The summed E-state index contributed by atoms with van der Waals surface area (Å²) in [5, 5.41) is 8.21. The van der Waals surface area contributed by atoms with Crippen LogP contribution >= 0.6 is 0 Å². The first-order valence-corrected chi connectivity index (χ1v) is 8.89.